The van der Waals surface area contributed by atoms with Gasteiger partial charge in [-0.2, -0.15) is 0 Å². The Morgan fingerprint density at radius 1 is 1.10 bits per heavy atom. The molecule has 5 nitrogen and oxygen atoms in total. The minimum Gasteiger partial charge on any atom is -1.00 e. The maximum Gasteiger partial charge on any atom is 0.232 e. The molecule has 0 unspecified atom stereocenters. The van der Waals surface area contributed by atoms with Crippen molar-refractivity contribution in [3.63, 3.8) is 0 Å². The Hall–Kier alpha value is -2.22. The maximum atomic E-state index is 13.6. The zero-order valence-corrected chi connectivity index (χ0v) is 18.8. The van der Waals surface area contributed by atoms with Gasteiger partial charge >= 0.3 is 0 Å². The van der Waals surface area contributed by atoms with Gasteiger partial charge in [0.25, 0.3) is 0 Å². The van der Waals surface area contributed by atoms with E-state index < -0.39 is 0 Å². The molecule has 0 atom stereocenters. The molecule has 0 fully saturated rings. The standard InChI is InChI=1S/C22H26FN3O2S.ClH/c1-3-25(4-2)13-14-26(21(27)12-15-28-18-8-6-5-7-9-18)22-24-19-11-10-17(23)16-20(19)29-22;/h5-11,16H,3-4,12-15H2,1-2H3;1H/p-1. The summed E-state index contributed by atoms with van der Waals surface area (Å²) in [6.07, 6.45) is 0.247. The third-order valence-corrected chi connectivity index (χ3v) is 5.77. The fourth-order valence-electron chi connectivity index (χ4n) is 3.02. The zero-order valence-electron chi connectivity index (χ0n) is 17.2. The van der Waals surface area contributed by atoms with E-state index in [1.165, 1.54) is 23.5 Å². The molecule has 1 amide bonds. The lowest BCUT2D eigenvalue weighted by Crippen LogP contribution is -3.00. The van der Waals surface area contributed by atoms with Crippen LogP contribution in [0.25, 0.3) is 10.2 Å². The van der Waals surface area contributed by atoms with Crippen LogP contribution in [0.2, 0.25) is 0 Å². The van der Waals surface area contributed by atoms with E-state index in [1.54, 1.807) is 11.0 Å². The number of para-hydroxylation sites is 1. The normalized spacial score (nSPS) is 10.8. The first kappa shape index (κ1) is 24.1. The van der Waals surface area contributed by atoms with Crippen LogP contribution in [-0.2, 0) is 4.79 Å². The van der Waals surface area contributed by atoms with Crippen molar-refractivity contribution in [3.8, 4) is 5.75 Å². The predicted molar refractivity (Wildman–Crippen MR) is 116 cm³/mol. The lowest BCUT2D eigenvalue weighted by atomic mass is 10.3. The van der Waals surface area contributed by atoms with Crippen LogP contribution in [0.1, 0.15) is 20.3 Å². The summed E-state index contributed by atoms with van der Waals surface area (Å²) >= 11 is 1.34. The van der Waals surface area contributed by atoms with Crippen molar-refractivity contribution in [3.05, 3.63) is 54.3 Å². The Morgan fingerprint density at radius 3 is 2.53 bits per heavy atom. The molecule has 0 saturated carbocycles. The fraction of sp³-hybridized carbons (Fsp3) is 0.364. The SMILES string of the molecule is CCN(CC)CCN(C(=O)CCOc1ccccc1)c1nc2ccc(F)cc2s1.[Cl-]. The van der Waals surface area contributed by atoms with Gasteiger partial charge in [-0.25, -0.2) is 9.37 Å². The average molecular weight is 451 g/mol. The third-order valence-electron chi connectivity index (χ3n) is 4.73. The molecule has 162 valence electrons. The highest BCUT2D eigenvalue weighted by atomic mass is 35.5. The van der Waals surface area contributed by atoms with Gasteiger partial charge in [0.05, 0.1) is 23.2 Å². The quantitative estimate of drug-likeness (QED) is 0.470. The van der Waals surface area contributed by atoms with Gasteiger partial charge in [0.1, 0.15) is 11.6 Å². The van der Waals surface area contributed by atoms with Crippen molar-refractivity contribution in [1.82, 2.24) is 9.88 Å². The summed E-state index contributed by atoms with van der Waals surface area (Å²) in [5.74, 6) is 0.392. The van der Waals surface area contributed by atoms with Gasteiger partial charge in [0.15, 0.2) is 5.13 Å². The Bertz CT molecular complexity index is 935. The molecule has 2 aromatic carbocycles. The van der Waals surface area contributed by atoms with E-state index in [1.807, 2.05) is 30.3 Å². The van der Waals surface area contributed by atoms with Gasteiger partial charge < -0.3 is 22.0 Å². The summed E-state index contributed by atoms with van der Waals surface area (Å²) in [6.45, 7) is 7.62. The van der Waals surface area contributed by atoms with Crippen molar-refractivity contribution < 1.29 is 26.3 Å². The molecule has 1 heterocycles. The molecule has 1 aromatic heterocycles. The van der Waals surface area contributed by atoms with E-state index in [-0.39, 0.29) is 30.6 Å². The number of thiazole rings is 1. The molecule has 8 heteroatoms. The largest absolute Gasteiger partial charge is 1.00 e. The van der Waals surface area contributed by atoms with Crippen molar-refractivity contribution in [2.24, 2.45) is 0 Å². The van der Waals surface area contributed by atoms with Gasteiger partial charge in [-0.05, 0) is 43.4 Å². The summed E-state index contributed by atoms with van der Waals surface area (Å²) in [7, 11) is 0. The average Bonchev–Trinajstić information content (AvgIpc) is 3.14. The first-order valence-corrected chi connectivity index (χ1v) is 10.7. The molecule has 0 saturated heterocycles. The molecular weight excluding hydrogens is 425 g/mol. The number of anilines is 1. The van der Waals surface area contributed by atoms with Crippen LogP contribution < -0.4 is 22.0 Å². The van der Waals surface area contributed by atoms with Gasteiger partial charge in [-0.3, -0.25) is 9.69 Å². The summed E-state index contributed by atoms with van der Waals surface area (Å²) in [5.41, 5.74) is 0.701. The maximum absolute atomic E-state index is 13.6. The van der Waals surface area contributed by atoms with Crippen molar-refractivity contribution >= 4 is 32.6 Å². The zero-order chi connectivity index (χ0) is 20.6. The number of nitrogens with zero attached hydrogens (tertiary/aromatic N) is 3. The van der Waals surface area contributed by atoms with Crippen molar-refractivity contribution in [1.29, 1.82) is 0 Å². The minimum atomic E-state index is -0.301. The van der Waals surface area contributed by atoms with Crippen LogP contribution in [0.5, 0.6) is 5.75 Å². The Kier molecular flexibility index (Phi) is 9.49. The number of fused-ring (bicyclic) bond motifs is 1. The molecule has 0 bridgehead atoms. The highest BCUT2D eigenvalue weighted by molar-refractivity contribution is 7.22. The lowest BCUT2D eigenvalue weighted by molar-refractivity contribution is -0.119. The molecule has 3 rings (SSSR count). The lowest BCUT2D eigenvalue weighted by Gasteiger charge is -2.24. The second kappa shape index (κ2) is 11.8. The predicted octanol–water partition coefficient (Wildman–Crippen LogP) is 1.58. The summed E-state index contributed by atoms with van der Waals surface area (Å²) < 4.78 is 20.0. The van der Waals surface area contributed by atoms with Crippen LogP contribution in [0.15, 0.2) is 48.5 Å². The second-order valence-electron chi connectivity index (χ2n) is 6.59. The first-order valence-electron chi connectivity index (χ1n) is 9.87. The number of amides is 1. The molecule has 0 aliphatic carbocycles. The van der Waals surface area contributed by atoms with E-state index in [4.69, 9.17) is 4.74 Å². The fourth-order valence-corrected chi connectivity index (χ4v) is 4.05. The smallest absolute Gasteiger partial charge is 0.232 e. The molecule has 0 N–H and O–H groups in total. The van der Waals surface area contributed by atoms with Crippen molar-refractivity contribution in [2.45, 2.75) is 20.3 Å². The number of benzene rings is 2. The van der Waals surface area contributed by atoms with Gasteiger partial charge in [0.2, 0.25) is 5.91 Å². The highest BCUT2D eigenvalue weighted by Gasteiger charge is 2.20. The van der Waals surface area contributed by atoms with Crippen molar-refractivity contribution in [2.75, 3.05) is 37.7 Å². The molecule has 0 aliphatic heterocycles. The Labute approximate surface area is 186 Å². The molecule has 0 spiro atoms. The van der Waals surface area contributed by atoms with Crippen LogP contribution in [-0.4, -0.2) is 48.6 Å². The van der Waals surface area contributed by atoms with Gasteiger partial charge in [-0.15, -0.1) is 0 Å². The number of carbonyl (C=O) groups is 1. The number of halogens is 2. The number of likely N-dealkylation sites (N-methyl/N-ethyl adjacent to an activating group) is 1. The summed E-state index contributed by atoms with van der Waals surface area (Å²) in [4.78, 5) is 21.5. The molecule has 0 radical (unpaired) electrons. The third kappa shape index (κ3) is 6.39. The molecular formula is C22H26ClFN3O2S-. The number of hydrogen-bond acceptors (Lipinski definition) is 5. The first-order chi connectivity index (χ1) is 14.1. The highest BCUT2D eigenvalue weighted by Crippen LogP contribution is 2.29. The van der Waals surface area contributed by atoms with Crippen LogP contribution in [0.4, 0.5) is 9.52 Å². The number of rotatable bonds is 10. The molecule has 0 aliphatic rings. The number of carbonyl (C=O) groups excluding carboxylic acids is 1. The van der Waals surface area contributed by atoms with Gasteiger partial charge in [0, 0.05) is 13.1 Å². The van der Waals surface area contributed by atoms with E-state index in [9.17, 15) is 9.18 Å². The molecule has 30 heavy (non-hydrogen) atoms. The number of ether oxygens (including phenoxy) is 1. The second-order valence-corrected chi connectivity index (χ2v) is 7.60. The van der Waals surface area contributed by atoms with Crippen LogP contribution in [0, 0.1) is 5.82 Å². The number of hydrogen-bond donors (Lipinski definition) is 0. The summed E-state index contributed by atoms with van der Waals surface area (Å²) in [6, 6.07) is 13.9. The van der Waals surface area contributed by atoms with E-state index in [0.717, 1.165) is 30.1 Å². The minimum absolute atomic E-state index is 0. The van der Waals surface area contributed by atoms with E-state index >= 15 is 0 Å². The monoisotopic (exact) mass is 450 g/mol. The number of aromatic nitrogens is 1. The van der Waals surface area contributed by atoms with E-state index in [2.05, 4.69) is 23.7 Å². The Balaban J connectivity index is 0.00000320. The summed E-state index contributed by atoms with van der Waals surface area (Å²) in [5, 5.41) is 0.600. The topological polar surface area (TPSA) is 45.7 Å². The van der Waals surface area contributed by atoms with Gasteiger partial charge in [-0.1, -0.05) is 43.4 Å². The Morgan fingerprint density at radius 2 is 1.83 bits per heavy atom. The van der Waals surface area contributed by atoms with Crippen LogP contribution >= 0.6 is 11.3 Å². The van der Waals surface area contributed by atoms with E-state index in [0.29, 0.717) is 23.8 Å². The van der Waals surface area contributed by atoms with Crippen LogP contribution in [0.3, 0.4) is 0 Å². The molecule has 3 aromatic rings.